The van der Waals surface area contributed by atoms with Crippen LogP contribution in [0.15, 0.2) is 54.4 Å². The molecule has 1 rings (SSSR count). The Balaban J connectivity index is 3.57. The molecular formula is C47H71N6O18P. The molecule has 0 spiro atoms. The highest BCUT2D eigenvalue weighted by molar-refractivity contribution is 7.46. The van der Waals surface area contributed by atoms with Crippen molar-refractivity contribution in [1.82, 2.24) is 30.7 Å². The van der Waals surface area contributed by atoms with E-state index in [0.29, 0.717) is 5.56 Å². The molecule has 0 aliphatic carbocycles. The summed E-state index contributed by atoms with van der Waals surface area (Å²) >= 11 is 0. The zero-order chi connectivity index (χ0) is 55.7. The number of carbonyl (C=O) groups excluding carboxylic acids is 9. The second-order valence-corrected chi connectivity index (χ2v) is 18.9. The van der Waals surface area contributed by atoms with Crippen molar-refractivity contribution in [2.45, 2.75) is 131 Å². The summed E-state index contributed by atoms with van der Waals surface area (Å²) < 4.78 is 33.4. The number of methoxy groups -OCH3 is 1. The Kier molecular flexibility index (Phi) is 25.3. The molecule has 6 N–H and O–H groups in total. The van der Waals surface area contributed by atoms with Crippen molar-refractivity contribution in [3.8, 4) is 0 Å². The lowest BCUT2D eigenvalue weighted by atomic mass is 9.89. The zero-order valence-electron chi connectivity index (χ0n) is 43.2. The number of benzene rings is 1. The van der Waals surface area contributed by atoms with E-state index >= 15 is 0 Å². The molecule has 9 atom stereocenters. The normalized spacial score (nSPS) is 15.4. The van der Waals surface area contributed by atoms with Gasteiger partial charge in [0.05, 0.1) is 18.1 Å². The monoisotopic (exact) mass is 1040 g/mol. The average Bonchev–Trinajstić information content (AvgIpc) is 3.29. The first-order valence-corrected chi connectivity index (χ1v) is 24.2. The summed E-state index contributed by atoms with van der Waals surface area (Å²) in [5, 5.41) is 17.3. The van der Waals surface area contributed by atoms with Crippen LogP contribution in [0.4, 0.5) is 0 Å². The first-order chi connectivity index (χ1) is 33.2. The molecule has 0 aromatic heterocycles. The van der Waals surface area contributed by atoms with Gasteiger partial charge in [-0.3, -0.25) is 38.1 Å². The average molecular weight is 1040 g/mol. The number of aliphatic carboxylic acids is 1. The van der Waals surface area contributed by atoms with Crippen molar-refractivity contribution >= 4 is 67.0 Å². The number of rotatable bonds is 28. The SMILES string of the molecule is C=C(C(=O)N[C@@H](C)C(=O)N(C)[C@@H](C)C(=O)N[C@H](C(=O)N(C)[C@H](C(=O)O)[C@@H](C)OC)[C@H](OC(=O)[C@@H](CC(C)=O)[C@H](OP(=O)(O)O)C(C)C)C(C)C)N(C)C(=O)[C@@H](Cc1ccccc1)OC(=O)/C(=C\C)NC(C)=O. The van der Waals surface area contributed by atoms with Crippen LogP contribution >= 0.6 is 7.82 Å². The van der Waals surface area contributed by atoms with Gasteiger partial charge in [0.25, 0.3) is 11.8 Å². The number of phosphoric acid groups is 1. The van der Waals surface area contributed by atoms with Crippen molar-refractivity contribution in [2.24, 2.45) is 17.8 Å². The van der Waals surface area contributed by atoms with Gasteiger partial charge < -0.3 is 64.5 Å². The van der Waals surface area contributed by atoms with E-state index in [1.54, 1.807) is 30.3 Å². The van der Waals surface area contributed by atoms with Gasteiger partial charge in [-0.15, -0.1) is 0 Å². The van der Waals surface area contributed by atoms with E-state index in [2.05, 4.69) is 22.5 Å². The van der Waals surface area contributed by atoms with Crippen LogP contribution in [0.3, 0.4) is 0 Å². The molecule has 6 amide bonds. The lowest BCUT2D eigenvalue weighted by molar-refractivity contribution is -0.169. The van der Waals surface area contributed by atoms with Gasteiger partial charge in [-0.2, -0.15) is 0 Å². The fourth-order valence-corrected chi connectivity index (χ4v) is 7.85. The van der Waals surface area contributed by atoms with Gasteiger partial charge in [-0.1, -0.05) is 70.7 Å². The topological polar surface area (TPSA) is 331 Å². The number of amides is 6. The number of hydrogen-bond acceptors (Lipinski definition) is 15. The maximum absolute atomic E-state index is 14.5. The van der Waals surface area contributed by atoms with Gasteiger partial charge in [0.2, 0.25) is 23.6 Å². The number of nitrogens with zero attached hydrogens (tertiary/aromatic N) is 3. The minimum Gasteiger partial charge on any atom is -0.480 e. The molecule has 0 fully saturated rings. The van der Waals surface area contributed by atoms with Crippen LogP contribution in [0.25, 0.3) is 0 Å². The van der Waals surface area contributed by atoms with Crippen LogP contribution in [0.5, 0.6) is 0 Å². The minimum atomic E-state index is -5.26. The quantitative estimate of drug-likeness (QED) is 0.0391. The van der Waals surface area contributed by atoms with Crippen LogP contribution in [-0.4, -0.2) is 166 Å². The number of likely N-dealkylation sites (N-methyl/N-ethyl adjacent to an activating group) is 3. The number of carboxylic acid groups (broad SMARTS) is 1. The third kappa shape index (κ3) is 19.0. The van der Waals surface area contributed by atoms with E-state index in [1.807, 2.05) is 0 Å². The lowest BCUT2D eigenvalue weighted by Gasteiger charge is -2.37. The largest absolute Gasteiger partial charge is 0.480 e. The summed E-state index contributed by atoms with van der Waals surface area (Å²) in [6.07, 6.45) is -5.41. The Morgan fingerprint density at radius 1 is 0.792 bits per heavy atom. The second kappa shape index (κ2) is 28.6. The summed E-state index contributed by atoms with van der Waals surface area (Å²) in [7, 11) is -0.593. The molecular weight excluding hydrogens is 968 g/mol. The van der Waals surface area contributed by atoms with Crippen LogP contribution < -0.4 is 16.0 Å². The highest BCUT2D eigenvalue weighted by atomic mass is 31.2. The van der Waals surface area contributed by atoms with Gasteiger partial charge in [-0.25, -0.2) is 14.2 Å². The minimum absolute atomic E-state index is 0.149. The van der Waals surface area contributed by atoms with Crippen molar-refractivity contribution in [3.63, 3.8) is 0 Å². The molecule has 25 heteroatoms. The molecule has 0 saturated carbocycles. The summed E-state index contributed by atoms with van der Waals surface area (Å²) in [5.74, 6) is -13.3. The molecule has 72 heavy (non-hydrogen) atoms. The number of phosphoric ester groups is 1. The molecule has 0 radical (unpaired) electrons. The highest BCUT2D eigenvalue weighted by Crippen LogP contribution is 2.42. The first kappa shape index (κ1) is 63.7. The molecule has 1 aromatic rings. The van der Waals surface area contributed by atoms with Crippen LogP contribution in [0.1, 0.15) is 81.2 Å². The standard InChI is InChI=1S/C47H71N6O18P/c1-16-34(49-31(11)55)47(64)69-35(23-32-20-18-17-19-21-32)43(59)52(13)28(8)40(56)48-27(7)42(58)51(12)29(9)41(57)50-36(44(60)53(14)37(45(61)62)30(10)68-15)39(25(4)5)70-46(63)33(22-26(6)54)38(24(2)3)71-72(65,66)67/h16-21,24-25,27,29-30,33,35-39H,8,22-23H2,1-7,9-15H3,(H,48,56)(H,49,55)(H,50,57)(H,61,62)(H2,65,66,67)/b34-16+/t27-,29-,30+,33-,35+,36-,37-,38+,39+/m0/s1. The van der Waals surface area contributed by atoms with Gasteiger partial charge >= 0.3 is 25.7 Å². The number of ketones is 1. The third-order valence-corrected chi connectivity index (χ3v) is 11.9. The number of carboxylic acids is 1. The maximum atomic E-state index is 14.5. The Bertz CT molecular complexity index is 2230. The van der Waals surface area contributed by atoms with E-state index in [4.69, 9.17) is 18.7 Å². The molecule has 0 bridgehead atoms. The molecule has 402 valence electrons. The highest BCUT2D eigenvalue weighted by Gasteiger charge is 2.45. The summed E-state index contributed by atoms with van der Waals surface area (Å²) in [6.45, 7) is 17.2. The van der Waals surface area contributed by atoms with Crippen molar-refractivity contribution < 1.29 is 86.1 Å². The predicted molar refractivity (Wildman–Crippen MR) is 257 cm³/mol. The van der Waals surface area contributed by atoms with Gasteiger partial charge in [0.15, 0.2) is 12.1 Å². The summed E-state index contributed by atoms with van der Waals surface area (Å²) in [4.78, 5) is 155. The molecule has 0 saturated heterocycles. The second-order valence-electron chi connectivity index (χ2n) is 17.8. The van der Waals surface area contributed by atoms with E-state index in [0.717, 1.165) is 28.7 Å². The fourth-order valence-electron chi connectivity index (χ4n) is 7.14. The molecule has 0 heterocycles. The predicted octanol–water partition coefficient (Wildman–Crippen LogP) is 1.23. The molecule has 0 unspecified atom stereocenters. The molecule has 1 aromatic carbocycles. The molecule has 0 aliphatic heterocycles. The van der Waals surface area contributed by atoms with E-state index < -0.39 is 145 Å². The van der Waals surface area contributed by atoms with Crippen LogP contribution in [0, 0.1) is 17.8 Å². The fraction of sp³-hybridized carbons (Fsp3) is 0.574. The van der Waals surface area contributed by atoms with Gasteiger partial charge in [0, 0.05) is 48.0 Å². The van der Waals surface area contributed by atoms with E-state index in [1.165, 1.54) is 89.6 Å². The smallest absolute Gasteiger partial charge is 0.469 e. The molecule has 24 nitrogen and oxygen atoms in total. The Labute approximate surface area is 419 Å². The van der Waals surface area contributed by atoms with E-state index in [9.17, 15) is 67.4 Å². The Hall–Kier alpha value is -6.33. The van der Waals surface area contributed by atoms with E-state index in [-0.39, 0.29) is 12.1 Å². The van der Waals surface area contributed by atoms with Crippen LogP contribution in [-0.2, 0) is 77.7 Å². The molecule has 0 aliphatic rings. The maximum Gasteiger partial charge on any atom is 0.469 e. The summed E-state index contributed by atoms with van der Waals surface area (Å²) in [6, 6.07) is 1.95. The number of nitrogens with one attached hydrogen (secondary N) is 3. The van der Waals surface area contributed by atoms with Crippen molar-refractivity contribution in [1.29, 1.82) is 0 Å². The number of hydrogen-bond donors (Lipinski definition) is 6. The third-order valence-electron chi connectivity index (χ3n) is 11.4. The van der Waals surface area contributed by atoms with Crippen molar-refractivity contribution in [3.05, 3.63) is 59.9 Å². The van der Waals surface area contributed by atoms with Gasteiger partial charge in [0.1, 0.15) is 41.4 Å². The number of esters is 2. The number of carbonyl (C=O) groups is 10. The Morgan fingerprint density at radius 3 is 1.81 bits per heavy atom. The van der Waals surface area contributed by atoms with Crippen molar-refractivity contribution in [2.75, 3.05) is 28.3 Å². The Morgan fingerprint density at radius 2 is 1.35 bits per heavy atom. The van der Waals surface area contributed by atoms with Gasteiger partial charge in [-0.05, 0) is 52.0 Å². The summed E-state index contributed by atoms with van der Waals surface area (Å²) in [5.41, 5.74) is -0.153. The number of ether oxygens (including phenoxy) is 3. The number of Topliss-reactive ketones (excluding diaryl/α,β-unsaturated/α-hetero) is 1. The van der Waals surface area contributed by atoms with Crippen LogP contribution in [0.2, 0.25) is 0 Å². The lowest BCUT2D eigenvalue weighted by Crippen LogP contribution is -2.63. The first-order valence-electron chi connectivity index (χ1n) is 22.7. The number of allylic oxidation sites excluding steroid dienone is 1. The zero-order valence-corrected chi connectivity index (χ0v) is 44.1.